The highest BCUT2D eigenvalue weighted by atomic mass is 16.6. The van der Waals surface area contributed by atoms with Crippen LogP contribution in [0.3, 0.4) is 0 Å². The molecule has 1 N–H and O–H groups in total. The first-order valence-electron chi connectivity index (χ1n) is 11.5. The van der Waals surface area contributed by atoms with Gasteiger partial charge in [0.25, 0.3) is 0 Å². The summed E-state index contributed by atoms with van der Waals surface area (Å²) in [6, 6.07) is 14.5. The lowest BCUT2D eigenvalue weighted by Crippen LogP contribution is -2.52. The lowest BCUT2D eigenvalue weighted by atomic mass is 9.86. The van der Waals surface area contributed by atoms with Gasteiger partial charge in [0.15, 0.2) is 0 Å². The lowest BCUT2D eigenvalue weighted by Gasteiger charge is -2.44. The van der Waals surface area contributed by atoms with Crippen LogP contribution in [-0.4, -0.2) is 48.3 Å². The van der Waals surface area contributed by atoms with Gasteiger partial charge in [-0.2, -0.15) is 0 Å². The number of nitrogens with zero attached hydrogens (tertiary/aromatic N) is 2. The lowest BCUT2D eigenvalue weighted by molar-refractivity contribution is -0.0342. The van der Waals surface area contributed by atoms with Crippen LogP contribution in [0.2, 0.25) is 0 Å². The van der Waals surface area contributed by atoms with Crippen molar-refractivity contribution in [3.05, 3.63) is 60.4 Å². The van der Waals surface area contributed by atoms with E-state index in [-0.39, 0.29) is 18.2 Å². The van der Waals surface area contributed by atoms with Crippen LogP contribution in [0.1, 0.15) is 30.9 Å². The van der Waals surface area contributed by atoms with Gasteiger partial charge < -0.3 is 14.8 Å². The molecule has 0 spiro atoms. The van der Waals surface area contributed by atoms with Gasteiger partial charge in [0.05, 0.1) is 12.6 Å². The van der Waals surface area contributed by atoms with Crippen molar-refractivity contribution in [2.45, 2.75) is 31.4 Å². The van der Waals surface area contributed by atoms with E-state index in [2.05, 4.69) is 51.6 Å². The molecule has 4 aliphatic heterocycles. The number of carbonyl (C=O) groups is 1. The van der Waals surface area contributed by atoms with Crippen LogP contribution < -0.4 is 10.1 Å². The fourth-order valence-electron chi connectivity index (χ4n) is 5.34. The third-order valence-electron chi connectivity index (χ3n) is 7.17. The van der Waals surface area contributed by atoms with Crippen molar-refractivity contribution in [3.8, 4) is 16.9 Å². The fourth-order valence-corrected chi connectivity index (χ4v) is 5.34. The Balaban J connectivity index is 1.18. The van der Waals surface area contributed by atoms with Gasteiger partial charge in [0.1, 0.15) is 11.9 Å². The van der Waals surface area contributed by atoms with Crippen molar-refractivity contribution >= 4 is 16.9 Å². The topological polar surface area (TPSA) is 63.7 Å². The van der Waals surface area contributed by atoms with Gasteiger partial charge in [-0.3, -0.25) is 9.88 Å². The number of pyridine rings is 1. The Kier molecular flexibility index (Phi) is 4.95. The summed E-state index contributed by atoms with van der Waals surface area (Å²) in [4.78, 5) is 19.3. The molecule has 3 fully saturated rings. The number of benzene rings is 2. The molecule has 2 atom stereocenters. The highest BCUT2D eigenvalue weighted by molar-refractivity contribution is 5.86. The predicted octanol–water partition coefficient (Wildman–Crippen LogP) is 4.55. The first-order chi connectivity index (χ1) is 15.7. The van der Waals surface area contributed by atoms with E-state index in [4.69, 9.17) is 9.47 Å². The first-order valence-corrected chi connectivity index (χ1v) is 11.5. The van der Waals surface area contributed by atoms with Crippen molar-refractivity contribution in [2.75, 3.05) is 26.2 Å². The molecule has 0 aliphatic carbocycles. The van der Waals surface area contributed by atoms with Crippen molar-refractivity contribution in [3.63, 3.8) is 0 Å². The maximum Gasteiger partial charge on any atom is 0.407 e. The third kappa shape index (κ3) is 3.69. The molecule has 1 aromatic heterocycles. The van der Waals surface area contributed by atoms with E-state index in [1.54, 1.807) is 0 Å². The summed E-state index contributed by atoms with van der Waals surface area (Å²) in [6.45, 7) is 3.71. The van der Waals surface area contributed by atoms with Gasteiger partial charge in [0.2, 0.25) is 0 Å². The minimum Gasteiger partial charge on any atom is -0.493 e. The number of carbonyl (C=O) groups excluding carboxylic acids is 1. The van der Waals surface area contributed by atoms with Crippen molar-refractivity contribution in [2.24, 2.45) is 5.92 Å². The molecule has 1 amide bonds. The van der Waals surface area contributed by atoms with Gasteiger partial charge in [-0.05, 0) is 66.6 Å². The molecule has 0 radical (unpaired) electrons. The standard InChI is InChI=1S/C26H27N3O3/c30-26(32-25-16-29-10-6-18(25)7-11-29)28-23-8-12-31-24-14-20(3-4-22(23)24)19-2-1-17-5-9-27-15-21(17)13-19/h1-5,9,13-15,18,23,25H,6-8,10-12,16H2,(H,28,30)/t23?,25-/m0/s1. The van der Waals surface area contributed by atoms with Crippen LogP contribution in [0.5, 0.6) is 5.75 Å². The number of rotatable bonds is 3. The van der Waals surface area contributed by atoms with Crippen LogP contribution in [0.4, 0.5) is 4.79 Å². The summed E-state index contributed by atoms with van der Waals surface area (Å²) in [6.07, 6.45) is 6.40. The van der Waals surface area contributed by atoms with E-state index in [1.165, 1.54) is 5.39 Å². The normalized spacial score (nSPS) is 26.2. The summed E-state index contributed by atoms with van der Waals surface area (Å²) >= 11 is 0. The minimum atomic E-state index is -0.312. The number of hydrogen-bond donors (Lipinski definition) is 1. The molecule has 1 unspecified atom stereocenters. The van der Waals surface area contributed by atoms with Crippen molar-refractivity contribution in [1.29, 1.82) is 0 Å². The number of amides is 1. The summed E-state index contributed by atoms with van der Waals surface area (Å²) in [5, 5.41) is 5.38. The molecule has 3 aromatic rings. The molecule has 7 rings (SSSR count). The first kappa shape index (κ1) is 19.6. The molecule has 2 bridgehead atoms. The van der Waals surface area contributed by atoms with E-state index < -0.39 is 0 Å². The molecular weight excluding hydrogens is 402 g/mol. The second-order valence-corrected chi connectivity index (χ2v) is 9.11. The number of fused-ring (bicyclic) bond motifs is 5. The summed E-state index contributed by atoms with van der Waals surface area (Å²) < 4.78 is 11.8. The zero-order valence-corrected chi connectivity index (χ0v) is 18.0. The van der Waals surface area contributed by atoms with Crippen molar-refractivity contribution < 1.29 is 14.3 Å². The molecule has 4 aliphatic rings. The molecule has 0 saturated carbocycles. The second-order valence-electron chi connectivity index (χ2n) is 9.11. The Morgan fingerprint density at radius 2 is 1.88 bits per heavy atom. The Morgan fingerprint density at radius 3 is 2.72 bits per heavy atom. The minimum absolute atomic E-state index is 0.0154. The Morgan fingerprint density at radius 1 is 1.03 bits per heavy atom. The quantitative estimate of drug-likeness (QED) is 0.662. The molecule has 6 heteroatoms. The monoisotopic (exact) mass is 429 g/mol. The van der Waals surface area contributed by atoms with Crippen LogP contribution in [0.25, 0.3) is 21.9 Å². The average Bonchev–Trinajstić information content (AvgIpc) is 2.84. The molecule has 5 heterocycles. The highest BCUT2D eigenvalue weighted by Gasteiger charge is 2.37. The van der Waals surface area contributed by atoms with Gasteiger partial charge >= 0.3 is 6.09 Å². The Hall–Kier alpha value is -3.12. The van der Waals surface area contributed by atoms with Gasteiger partial charge in [0, 0.05) is 36.3 Å². The summed E-state index contributed by atoms with van der Waals surface area (Å²) in [5.41, 5.74) is 3.21. The summed E-state index contributed by atoms with van der Waals surface area (Å²) in [7, 11) is 0. The van der Waals surface area contributed by atoms with Gasteiger partial charge in [-0.15, -0.1) is 0 Å². The van der Waals surface area contributed by atoms with E-state index in [0.717, 1.165) is 66.7 Å². The molecule has 3 saturated heterocycles. The van der Waals surface area contributed by atoms with Crippen molar-refractivity contribution in [1.82, 2.24) is 15.2 Å². The van der Waals surface area contributed by atoms with E-state index >= 15 is 0 Å². The third-order valence-corrected chi connectivity index (χ3v) is 7.17. The zero-order valence-electron chi connectivity index (χ0n) is 18.0. The van der Waals surface area contributed by atoms with Gasteiger partial charge in [-0.1, -0.05) is 24.3 Å². The average molecular weight is 430 g/mol. The molecule has 6 nitrogen and oxygen atoms in total. The fraction of sp³-hybridized carbons (Fsp3) is 0.385. The number of piperidine rings is 3. The van der Waals surface area contributed by atoms with Crippen LogP contribution in [-0.2, 0) is 4.74 Å². The van der Waals surface area contributed by atoms with Crippen LogP contribution in [0.15, 0.2) is 54.9 Å². The zero-order chi connectivity index (χ0) is 21.5. The number of aromatic nitrogens is 1. The Labute approximate surface area is 187 Å². The molecular formula is C26H27N3O3. The highest BCUT2D eigenvalue weighted by Crippen LogP contribution is 2.36. The SMILES string of the molecule is O=C(NC1CCOc2cc(-c3ccc4ccncc4c3)ccc21)O[C@H]1CN2CCC1CC2. The molecule has 32 heavy (non-hydrogen) atoms. The largest absolute Gasteiger partial charge is 0.493 e. The number of ether oxygens (including phenoxy) is 2. The molecule has 164 valence electrons. The maximum absolute atomic E-state index is 12.7. The van der Waals surface area contributed by atoms with E-state index in [0.29, 0.717) is 12.5 Å². The number of alkyl carbamates (subject to hydrolysis) is 1. The van der Waals surface area contributed by atoms with Crippen LogP contribution >= 0.6 is 0 Å². The predicted molar refractivity (Wildman–Crippen MR) is 123 cm³/mol. The number of hydrogen-bond acceptors (Lipinski definition) is 5. The van der Waals surface area contributed by atoms with E-state index in [1.807, 2.05) is 18.5 Å². The summed E-state index contributed by atoms with van der Waals surface area (Å²) in [5.74, 6) is 1.33. The second kappa shape index (κ2) is 8.10. The Bertz CT molecular complexity index is 1160. The number of nitrogens with one attached hydrogen (secondary N) is 1. The smallest absolute Gasteiger partial charge is 0.407 e. The van der Waals surface area contributed by atoms with E-state index in [9.17, 15) is 4.79 Å². The van der Waals surface area contributed by atoms with Gasteiger partial charge in [-0.25, -0.2) is 4.79 Å². The van der Waals surface area contributed by atoms with Crippen LogP contribution in [0, 0.1) is 5.92 Å². The maximum atomic E-state index is 12.7. The molecule has 2 aromatic carbocycles.